The molecule has 0 aliphatic heterocycles. The maximum Gasteiger partial charge on any atom is 0.121 e. The second kappa shape index (κ2) is 10.0. The summed E-state index contributed by atoms with van der Waals surface area (Å²) in [6.45, 7) is 11.0. The molecule has 0 fully saturated rings. The standard InChI is InChI=1S/C28H33N3O/c1-5-32-30-27-24-14-9-10-15-26(24)31(28-21(3)20(2)16-17-25(27)28)19-11-18-29-22(4)23-12-7-6-8-13-23/h6-10,12-17,22,29H,5,11,18-19H2,1-4H3/b30-27+. The quantitative estimate of drug-likeness (QED) is 0.213. The lowest BCUT2D eigenvalue weighted by atomic mass is 10.0. The molecule has 0 saturated carbocycles. The van der Waals surface area contributed by atoms with E-state index in [-0.39, 0.29) is 0 Å². The maximum atomic E-state index is 5.52. The molecular formula is C28H33N3O. The third kappa shape index (κ3) is 4.42. The Morgan fingerprint density at radius 2 is 1.69 bits per heavy atom. The summed E-state index contributed by atoms with van der Waals surface area (Å²) in [5, 5.41) is 11.4. The van der Waals surface area contributed by atoms with Crippen LogP contribution in [0.5, 0.6) is 0 Å². The first kappa shape index (κ1) is 22.1. The zero-order valence-corrected chi connectivity index (χ0v) is 19.6. The van der Waals surface area contributed by atoms with E-state index in [4.69, 9.17) is 4.84 Å². The molecule has 3 aromatic carbocycles. The van der Waals surface area contributed by atoms with Gasteiger partial charge in [0.1, 0.15) is 12.0 Å². The second-order valence-electron chi connectivity index (χ2n) is 8.37. The topological polar surface area (TPSA) is 38.5 Å². The molecule has 4 aromatic rings. The molecule has 0 radical (unpaired) electrons. The number of nitrogens with zero attached hydrogens (tertiary/aromatic N) is 2. The van der Waals surface area contributed by atoms with Crippen LogP contribution in [0.1, 0.15) is 43.0 Å². The van der Waals surface area contributed by atoms with Crippen LogP contribution >= 0.6 is 0 Å². The van der Waals surface area contributed by atoms with Gasteiger partial charge in [0.25, 0.3) is 0 Å². The highest BCUT2D eigenvalue weighted by Crippen LogP contribution is 2.25. The molecule has 32 heavy (non-hydrogen) atoms. The Morgan fingerprint density at radius 3 is 2.47 bits per heavy atom. The molecule has 1 heterocycles. The molecule has 1 aromatic heterocycles. The van der Waals surface area contributed by atoms with E-state index in [1.807, 2.05) is 6.92 Å². The van der Waals surface area contributed by atoms with Crippen molar-refractivity contribution in [3.8, 4) is 0 Å². The van der Waals surface area contributed by atoms with Crippen LogP contribution in [0.4, 0.5) is 0 Å². The molecule has 0 amide bonds. The average Bonchev–Trinajstić information content (AvgIpc) is 2.83. The van der Waals surface area contributed by atoms with Gasteiger partial charge in [0.2, 0.25) is 0 Å². The minimum Gasteiger partial charge on any atom is -0.396 e. The predicted octanol–water partition coefficient (Wildman–Crippen LogP) is 6.00. The van der Waals surface area contributed by atoms with Crippen LogP contribution in [0.2, 0.25) is 0 Å². The summed E-state index contributed by atoms with van der Waals surface area (Å²) >= 11 is 0. The summed E-state index contributed by atoms with van der Waals surface area (Å²) in [6, 6.07) is 23.9. The van der Waals surface area contributed by atoms with Crippen LogP contribution in [-0.4, -0.2) is 17.7 Å². The monoisotopic (exact) mass is 427 g/mol. The first-order valence-electron chi connectivity index (χ1n) is 11.6. The first-order chi connectivity index (χ1) is 15.6. The minimum atomic E-state index is 0.339. The molecule has 0 bridgehead atoms. The van der Waals surface area contributed by atoms with Gasteiger partial charge in [0, 0.05) is 23.4 Å². The van der Waals surface area contributed by atoms with Crippen molar-refractivity contribution in [3.63, 3.8) is 0 Å². The lowest BCUT2D eigenvalue weighted by Crippen LogP contribution is -2.22. The highest BCUT2D eigenvalue weighted by Gasteiger charge is 2.13. The second-order valence-corrected chi connectivity index (χ2v) is 8.37. The molecule has 4 heteroatoms. The Balaban J connectivity index is 1.71. The SMILES string of the molecule is CCO/N=c1\c2ccccc2n(CCCNC(C)c2ccccc2)c2c(C)c(C)ccc12. The van der Waals surface area contributed by atoms with Gasteiger partial charge in [-0.15, -0.1) is 0 Å². The molecule has 1 N–H and O–H groups in total. The van der Waals surface area contributed by atoms with Gasteiger partial charge in [0.05, 0.1) is 11.0 Å². The Bertz CT molecular complexity index is 1270. The molecule has 4 rings (SSSR count). The normalized spacial score (nSPS) is 13.1. The highest BCUT2D eigenvalue weighted by atomic mass is 16.6. The van der Waals surface area contributed by atoms with Crippen molar-refractivity contribution >= 4 is 21.8 Å². The Labute approximate surface area is 190 Å². The van der Waals surface area contributed by atoms with Gasteiger partial charge in [-0.2, -0.15) is 0 Å². The number of pyridine rings is 1. The fourth-order valence-electron chi connectivity index (χ4n) is 4.39. The maximum absolute atomic E-state index is 5.52. The van der Waals surface area contributed by atoms with Gasteiger partial charge in [-0.1, -0.05) is 65.8 Å². The summed E-state index contributed by atoms with van der Waals surface area (Å²) in [7, 11) is 0. The molecule has 166 valence electrons. The predicted molar refractivity (Wildman–Crippen MR) is 134 cm³/mol. The van der Waals surface area contributed by atoms with Gasteiger partial charge >= 0.3 is 0 Å². The summed E-state index contributed by atoms with van der Waals surface area (Å²) in [4.78, 5) is 5.52. The molecule has 0 aliphatic rings. The van der Waals surface area contributed by atoms with Crippen molar-refractivity contribution < 1.29 is 4.84 Å². The lowest BCUT2D eigenvalue weighted by molar-refractivity contribution is 0.148. The zero-order valence-electron chi connectivity index (χ0n) is 19.6. The van der Waals surface area contributed by atoms with Crippen LogP contribution in [0, 0.1) is 13.8 Å². The number of aryl methyl sites for hydroxylation is 3. The number of hydrogen-bond acceptors (Lipinski definition) is 3. The van der Waals surface area contributed by atoms with E-state index in [2.05, 4.69) is 103 Å². The largest absolute Gasteiger partial charge is 0.396 e. The van der Waals surface area contributed by atoms with E-state index >= 15 is 0 Å². The Morgan fingerprint density at radius 1 is 0.938 bits per heavy atom. The number of aromatic nitrogens is 1. The minimum absolute atomic E-state index is 0.339. The number of para-hydroxylation sites is 1. The van der Waals surface area contributed by atoms with E-state index in [1.165, 1.54) is 27.7 Å². The molecule has 1 atom stereocenters. The summed E-state index contributed by atoms with van der Waals surface area (Å²) in [5.74, 6) is 0. The van der Waals surface area contributed by atoms with Crippen LogP contribution < -0.4 is 10.7 Å². The van der Waals surface area contributed by atoms with E-state index in [0.29, 0.717) is 12.6 Å². The van der Waals surface area contributed by atoms with Gasteiger partial charge in [-0.05, 0) is 63.4 Å². The van der Waals surface area contributed by atoms with Gasteiger partial charge < -0.3 is 14.7 Å². The fraction of sp³-hybridized carbons (Fsp3) is 0.321. The van der Waals surface area contributed by atoms with Gasteiger partial charge in [-0.25, -0.2) is 0 Å². The van der Waals surface area contributed by atoms with E-state index < -0.39 is 0 Å². The third-order valence-corrected chi connectivity index (χ3v) is 6.27. The summed E-state index contributed by atoms with van der Waals surface area (Å²) < 4.78 is 2.47. The Hall–Kier alpha value is -3.11. The highest BCUT2D eigenvalue weighted by molar-refractivity contribution is 5.95. The van der Waals surface area contributed by atoms with E-state index in [0.717, 1.165) is 35.6 Å². The number of fused-ring (bicyclic) bond motifs is 2. The molecule has 0 saturated heterocycles. The van der Waals surface area contributed by atoms with Crippen LogP contribution in [0.25, 0.3) is 21.8 Å². The van der Waals surface area contributed by atoms with Crippen molar-refractivity contribution in [1.29, 1.82) is 0 Å². The van der Waals surface area contributed by atoms with Crippen molar-refractivity contribution in [2.75, 3.05) is 13.2 Å². The van der Waals surface area contributed by atoms with E-state index in [9.17, 15) is 0 Å². The van der Waals surface area contributed by atoms with Crippen molar-refractivity contribution in [2.24, 2.45) is 5.16 Å². The van der Waals surface area contributed by atoms with Gasteiger partial charge in [-0.3, -0.25) is 0 Å². The number of hydrogen-bond donors (Lipinski definition) is 1. The molecule has 1 unspecified atom stereocenters. The fourth-order valence-corrected chi connectivity index (χ4v) is 4.39. The average molecular weight is 428 g/mol. The lowest BCUT2D eigenvalue weighted by Gasteiger charge is -2.20. The smallest absolute Gasteiger partial charge is 0.121 e. The van der Waals surface area contributed by atoms with Crippen molar-refractivity contribution in [3.05, 3.63) is 88.8 Å². The summed E-state index contributed by atoms with van der Waals surface area (Å²) in [6.07, 6.45) is 1.04. The van der Waals surface area contributed by atoms with E-state index in [1.54, 1.807) is 0 Å². The molecular weight excluding hydrogens is 394 g/mol. The summed E-state index contributed by atoms with van der Waals surface area (Å²) in [5.41, 5.74) is 6.36. The Kier molecular flexibility index (Phi) is 6.91. The molecule has 4 nitrogen and oxygen atoms in total. The van der Waals surface area contributed by atoms with Crippen LogP contribution in [-0.2, 0) is 11.4 Å². The van der Waals surface area contributed by atoms with Crippen molar-refractivity contribution in [1.82, 2.24) is 9.88 Å². The first-order valence-corrected chi connectivity index (χ1v) is 11.6. The van der Waals surface area contributed by atoms with Gasteiger partial charge in [0.15, 0.2) is 0 Å². The van der Waals surface area contributed by atoms with Crippen LogP contribution in [0.15, 0.2) is 71.9 Å². The van der Waals surface area contributed by atoms with Crippen molar-refractivity contribution in [2.45, 2.75) is 46.7 Å². The molecule has 0 spiro atoms. The molecule has 0 aliphatic carbocycles. The van der Waals surface area contributed by atoms with Crippen LogP contribution in [0.3, 0.4) is 0 Å². The zero-order chi connectivity index (χ0) is 22.5. The number of rotatable bonds is 8. The number of nitrogens with one attached hydrogen (secondary N) is 1. The third-order valence-electron chi connectivity index (χ3n) is 6.27. The number of benzene rings is 3.